The Morgan fingerprint density at radius 3 is 2.95 bits per heavy atom. The van der Waals surface area contributed by atoms with Gasteiger partial charge in [0.2, 0.25) is 6.33 Å². The van der Waals surface area contributed by atoms with E-state index in [9.17, 15) is 4.79 Å². The van der Waals surface area contributed by atoms with E-state index in [1.807, 2.05) is 46.7 Å². The summed E-state index contributed by atoms with van der Waals surface area (Å²) >= 11 is 0. The molecule has 1 aromatic heterocycles. The summed E-state index contributed by atoms with van der Waals surface area (Å²) in [5, 5.41) is 2.98. The summed E-state index contributed by atoms with van der Waals surface area (Å²) in [6.07, 6.45) is 4.57. The highest BCUT2D eigenvalue weighted by Crippen LogP contribution is 2.10. The van der Waals surface area contributed by atoms with Crippen molar-refractivity contribution in [1.29, 1.82) is 0 Å². The maximum Gasteiger partial charge on any atom is 0.262 e. The van der Waals surface area contributed by atoms with E-state index >= 15 is 0 Å². The molecular weight excluding hydrogens is 238 g/mol. The molecule has 1 aromatic carbocycles. The van der Waals surface area contributed by atoms with Gasteiger partial charge in [0.15, 0.2) is 17.6 Å². The Balaban J connectivity index is 2.26. The van der Waals surface area contributed by atoms with Gasteiger partial charge in [-0.3, -0.25) is 4.79 Å². The number of aromatic nitrogens is 2. The molecule has 0 fully saturated rings. The van der Waals surface area contributed by atoms with Crippen LogP contribution in [-0.2, 0) is 11.3 Å². The second kappa shape index (κ2) is 5.69. The Kier molecular flexibility index (Phi) is 4.00. The van der Waals surface area contributed by atoms with Gasteiger partial charge >= 0.3 is 0 Å². The molecule has 0 aliphatic heterocycles. The minimum atomic E-state index is 0.0336. The number of nitrogens with one attached hydrogen (secondary N) is 1. The molecule has 1 N–H and O–H groups in total. The van der Waals surface area contributed by atoms with Crippen molar-refractivity contribution in [2.45, 2.75) is 32.9 Å². The zero-order valence-corrected chi connectivity index (χ0v) is 11.5. The van der Waals surface area contributed by atoms with Crippen LogP contribution in [0.15, 0.2) is 37.2 Å². The Labute approximate surface area is 113 Å². The standard InChI is InChI=1S/C15H19N3O/c1-4-12(3)16-15(19)10-18-11-17(5-2)13-8-6-7-9-14(13)18/h5-9,11-12H,2,4,10H2,1,3H3/p+1/t12-/m1/s1. The third kappa shape index (κ3) is 2.84. The van der Waals surface area contributed by atoms with E-state index in [-0.39, 0.29) is 11.9 Å². The summed E-state index contributed by atoms with van der Waals surface area (Å²) in [6.45, 7) is 8.18. The van der Waals surface area contributed by atoms with E-state index in [1.165, 1.54) is 0 Å². The van der Waals surface area contributed by atoms with Crippen LogP contribution in [0.25, 0.3) is 17.2 Å². The van der Waals surface area contributed by atoms with Crippen LogP contribution in [0.4, 0.5) is 0 Å². The van der Waals surface area contributed by atoms with Crippen LogP contribution in [0.5, 0.6) is 0 Å². The molecule has 100 valence electrons. The first-order valence-corrected chi connectivity index (χ1v) is 6.56. The number of fused-ring (bicyclic) bond motifs is 1. The van der Waals surface area contributed by atoms with Crippen molar-refractivity contribution < 1.29 is 9.36 Å². The van der Waals surface area contributed by atoms with Crippen LogP contribution in [-0.4, -0.2) is 16.5 Å². The molecule has 4 nitrogen and oxygen atoms in total. The molecule has 0 aliphatic carbocycles. The molecule has 0 unspecified atom stereocenters. The predicted octanol–water partition coefficient (Wildman–Crippen LogP) is 1.94. The molecular formula is C15H20N3O+. The molecule has 0 bridgehead atoms. The van der Waals surface area contributed by atoms with E-state index in [0.717, 1.165) is 17.5 Å². The van der Waals surface area contributed by atoms with Gasteiger partial charge in [0, 0.05) is 6.04 Å². The quantitative estimate of drug-likeness (QED) is 0.818. The summed E-state index contributed by atoms with van der Waals surface area (Å²) in [7, 11) is 0. The molecule has 2 rings (SSSR count). The lowest BCUT2D eigenvalue weighted by molar-refractivity contribution is -0.659. The maximum atomic E-state index is 12.0. The van der Waals surface area contributed by atoms with Crippen molar-refractivity contribution in [2.24, 2.45) is 0 Å². The summed E-state index contributed by atoms with van der Waals surface area (Å²) in [4.78, 5) is 12.0. The highest BCUT2D eigenvalue weighted by Gasteiger charge is 2.16. The van der Waals surface area contributed by atoms with Crippen molar-refractivity contribution in [3.8, 4) is 0 Å². The van der Waals surface area contributed by atoms with E-state index in [2.05, 4.69) is 18.8 Å². The number of carbonyl (C=O) groups is 1. The molecule has 19 heavy (non-hydrogen) atoms. The molecule has 1 atom stereocenters. The normalized spacial score (nSPS) is 12.3. The van der Waals surface area contributed by atoms with Crippen molar-refractivity contribution in [3.63, 3.8) is 0 Å². The summed E-state index contributed by atoms with van der Waals surface area (Å²) in [5.74, 6) is 0.0336. The molecule has 1 heterocycles. The van der Waals surface area contributed by atoms with Crippen LogP contribution >= 0.6 is 0 Å². The Morgan fingerprint density at radius 2 is 2.26 bits per heavy atom. The van der Waals surface area contributed by atoms with Gasteiger partial charge in [0.05, 0.1) is 6.20 Å². The first-order valence-electron chi connectivity index (χ1n) is 6.56. The van der Waals surface area contributed by atoms with E-state index in [0.29, 0.717) is 6.54 Å². The Morgan fingerprint density at radius 1 is 1.53 bits per heavy atom. The number of carbonyl (C=O) groups excluding carboxylic acids is 1. The molecule has 0 saturated carbocycles. The van der Waals surface area contributed by atoms with Gasteiger partial charge in [0.25, 0.3) is 5.91 Å². The highest BCUT2D eigenvalue weighted by atomic mass is 16.2. The first-order chi connectivity index (χ1) is 9.15. The Bertz CT molecular complexity index is 600. The molecule has 0 radical (unpaired) electrons. The highest BCUT2D eigenvalue weighted by molar-refractivity contribution is 5.77. The van der Waals surface area contributed by atoms with Crippen LogP contribution < -0.4 is 9.88 Å². The zero-order chi connectivity index (χ0) is 13.8. The molecule has 0 spiro atoms. The topological polar surface area (TPSA) is 37.9 Å². The van der Waals surface area contributed by atoms with Crippen LogP contribution in [0.1, 0.15) is 20.3 Å². The first kappa shape index (κ1) is 13.3. The van der Waals surface area contributed by atoms with Crippen molar-refractivity contribution in [3.05, 3.63) is 37.2 Å². The third-order valence-electron chi connectivity index (χ3n) is 3.26. The van der Waals surface area contributed by atoms with Gasteiger partial charge in [-0.25, -0.2) is 9.13 Å². The summed E-state index contributed by atoms with van der Waals surface area (Å²) < 4.78 is 3.86. The van der Waals surface area contributed by atoms with Crippen LogP contribution in [0.3, 0.4) is 0 Å². The number of nitrogens with zero attached hydrogens (tertiary/aromatic N) is 2. The van der Waals surface area contributed by atoms with Gasteiger partial charge in [-0.2, -0.15) is 0 Å². The fourth-order valence-electron chi connectivity index (χ4n) is 2.05. The van der Waals surface area contributed by atoms with Crippen LogP contribution in [0, 0.1) is 0 Å². The van der Waals surface area contributed by atoms with E-state index in [4.69, 9.17) is 0 Å². The Hall–Kier alpha value is -2.10. The SMILES string of the molecule is C=Cn1c[n+](CC(=O)N[C@H](C)CC)c2ccccc21. The monoisotopic (exact) mass is 258 g/mol. The van der Waals surface area contributed by atoms with E-state index < -0.39 is 0 Å². The van der Waals surface area contributed by atoms with Crippen molar-refractivity contribution in [1.82, 2.24) is 9.88 Å². The van der Waals surface area contributed by atoms with E-state index in [1.54, 1.807) is 6.20 Å². The van der Waals surface area contributed by atoms with Gasteiger partial charge in [-0.1, -0.05) is 25.6 Å². The zero-order valence-electron chi connectivity index (χ0n) is 11.5. The third-order valence-corrected chi connectivity index (χ3v) is 3.26. The average molecular weight is 258 g/mol. The lowest BCUT2D eigenvalue weighted by Crippen LogP contribution is -2.44. The second-order valence-corrected chi connectivity index (χ2v) is 4.70. The number of benzene rings is 1. The van der Waals surface area contributed by atoms with Crippen molar-refractivity contribution >= 4 is 23.1 Å². The van der Waals surface area contributed by atoms with Gasteiger partial charge in [0.1, 0.15) is 0 Å². The fraction of sp³-hybridized carbons (Fsp3) is 0.333. The molecule has 0 saturated heterocycles. The van der Waals surface area contributed by atoms with Gasteiger partial charge in [-0.15, -0.1) is 0 Å². The van der Waals surface area contributed by atoms with Crippen LogP contribution in [0.2, 0.25) is 0 Å². The number of rotatable bonds is 5. The lowest BCUT2D eigenvalue weighted by Gasteiger charge is -2.09. The molecule has 0 aliphatic rings. The van der Waals surface area contributed by atoms with Crippen molar-refractivity contribution in [2.75, 3.05) is 0 Å². The fourth-order valence-corrected chi connectivity index (χ4v) is 2.05. The summed E-state index contributed by atoms with van der Waals surface area (Å²) in [6, 6.07) is 8.18. The van der Waals surface area contributed by atoms with Gasteiger partial charge in [-0.05, 0) is 25.5 Å². The maximum absolute atomic E-state index is 12.0. The smallest absolute Gasteiger partial charge is 0.262 e. The molecule has 1 amide bonds. The van der Waals surface area contributed by atoms with Gasteiger partial charge < -0.3 is 5.32 Å². The lowest BCUT2D eigenvalue weighted by atomic mass is 10.2. The minimum absolute atomic E-state index is 0.0336. The average Bonchev–Trinajstić information content (AvgIpc) is 2.77. The summed E-state index contributed by atoms with van der Waals surface area (Å²) in [5.41, 5.74) is 2.08. The molecule has 4 heteroatoms. The number of imidazole rings is 1. The number of para-hydroxylation sites is 2. The predicted molar refractivity (Wildman–Crippen MR) is 76.4 cm³/mol. The largest absolute Gasteiger partial charge is 0.350 e. The number of hydrogen-bond acceptors (Lipinski definition) is 1. The number of hydrogen-bond donors (Lipinski definition) is 1. The minimum Gasteiger partial charge on any atom is -0.350 e. The second-order valence-electron chi connectivity index (χ2n) is 4.70. The number of amides is 1. The molecule has 2 aromatic rings.